The number of hydrogen-bond acceptors (Lipinski definition) is 4. The number of hydrogen-bond donors (Lipinski definition) is 3. The van der Waals surface area contributed by atoms with Crippen LogP contribution in [0.3, 0.4) is 0 Å². The van der Waals surface area contributed by atoms with Crippen molar-refractivity contribution < 1.29 is 23.3 Å². The van der Waals surface area contributed by atoms with Crippen LogP contribution in [0.15, 0.2) is 0 Å². The molecule has 68 valence electrons. The summed E-state index contributed by atoms with van der Waals surface area (Å²) in [5, 5.41) is 0. The summed E-state index contributed by atoms with van der Waals surface area (Å²) in [7, 11) is 1.56. The van der Waals surface area contributed by atoms with Crippen LogP contribution < -0.4 is 0 Å². The molecule has 0 aromatic heterocycles. The van der Waals surface area contributed by atoms with Gasteiger partial charge in [0, 0.05) is 0 Å². The van der Waals surface area contributed by atoms with Crippen molar-refractivity contribution in [1.82, 2.24) is 0 Å². The second kappa shape index (κ2) is 3.61. The van der Waals surface area contributed by atoms with Gasteiger partial charge in [-0.25, -0.2) is 0 Å². The molecule has 0 heterocycles. The molecule has 0 bridgehead atoms. The Hall–Kier alpha value is 0.0169. The summed E-state index contributed by atoms with van der Waals surface area (Å²) in [5.74, 6) is 0. The molecule has 0 aromatic carbocycles. The minimum atomic E-state index is -4.27. The Morgan fingerprint density at radius 3 is 1.91 bits per heavy atom. The van der Waals surface area contributed by atoms with Gasteiger partial charge in [-0.05, 0) is 0 Å². The Kier molecular flexibility index (Phi) is 3.62. The molecular weight excluding hydrogens is 166 g/mol. The predicted octanol–water partition coefficient (Wildman–Crippen LogP) is -1.88. The Bertz CT molecular complexity index is 103. The summed E-state index contributed by atoms with van der Waals surface area (Å²) >= 11 is 0. The van der Waals surface area contributed by atoms with Crippen LogP contribution in [-0.2, 0) is 4.43 Å². The molecule has 0 atom stereocenters. The third-order valence-electron chi connectivity index (χ3n) is 1.06. The van der Waals surface area contributed by atoms with Crippen molar-refractivity contribution in [2.75, 3.05) is 34.3 Å². The lowest BCUT2D eigenvalue weighted by Crippen LogP contribution is -2.44. The number of quaternary nitrogens is 1. The summed E-state index contributed by atoms with van der Waals surface area (Å²) in [6.45, 7) is 0.773. The lowest BCUT2D eigenvalue weighted by atomic mass is 10.5. The quantitative estimate of drug-likeness (QED) is 0.352. The molecule has 0 aliphatic carbocycles. The highest BCUT2D eigenvalue weighted by Gasteiger charge is 2.30. The highest BCUT2D eigenvalue weighted by molar-refractivity contribution is 6.48. The lowest BCUT2D eigenvalue weighted by molar-refractivity contribution is -0.870. The second-order valence-electron chi connectivity index (χ2n) is 3.44. The smallest absolute Gasteiger partial charge is 0.368 e. The SMILES string of the molecule is C[N+](C)(C)CCO[Si](O)(O)O. The van der Waals surface area contributed by atoms with Crippen LogP contribution in [0, 0.1) is 0 Å². The molecule has 0 aliphatic rings. The molecule has 0 radical (unpaired) electrons. The molecular formula is C5H16NO4Si+. The van der Waals surface area contributed by atoms with Gasteiger partial charge in [-0.3, -0.25) is 0 Å². The zero-order valence-corrected chi connectivity index (χ0v) is 8.11. The number of likely N-dealkylation sites (N-methyl/N-ethyl adjacent to an activating group) is 1. The van der Waals surface area contributed by atoms with Gasteiger partial charge in [0.15, 0.2) is 0 Å². The monoisotopic (exact) mass is 182 g/mol. The van der Waals surface area contributed by atoms with Crippen LogP contribution >= 0.6 is 0 Å². The van der Waals surface area contributed by atoms with Gasteiger partial charge in [0.2, 0.25) is 0 Å². The third kappa shape index (κ3) is 10.0. The van der Waals surface area contributed by atoms with Crippen LogP contribution in [0.1, 0.15) is 0 Å². The average molecular weight is 182 g/mol. The van der Waals surface area contributed by atoms with Gasteiger partial charge in [0.05, 0.1) is 27.7 Å². The minimum Gasteiger partial charge on any atom is -0.368 e. The molecule has 0 aliphatic heterocycles. The summed E-state index contributed by atoms with van der Waals surface area (Å²) in [6, 6.07) is 0. The zero-order chi connectivity index (χ0) is 9.12. The molecule has 0 amide bonds. The molecule has 11 heavy (non-hydrogen) atoms. The maximum Gasteiger partial charge on any atom is 0.671 e. The first-order chi connectivity index (χ1) is 4.71. The van der Waals surface area contributed by atoms with Crippen molar-refractivity contribution in [2.24, 2.45) is 0 Å². The molecule has 0 fully saturated rings. The van der Waals surface area contributed by atoms with Crippen LogP contribution in [0.5, 0.6) is 0 Å². The fourth-order valence-electron chi connectivity index (χ4n) is 0.456. The van der Waals surface area contributed by atoms with Gasteiger partial charge in [-0.2, -0.15) is 0 Å². The molecule has 0 saturated carbocycles. The first-order valence-corrected chi connectivity index (χ1v) is 5.07. The average Bonchev–Trinajstić information content (AvgIpc) is 1.55. The normalized spacial score (nSPS) is 13.6. The summed E-state index contributed by atoms with van der Waals surface area (Å²) < 4.78 is 5.05. The molecule has 0 saturated heterocycles. The van der Waals surface area contributed by atoms with Crippen molar-refractivity contribution in [3.63, 3.8) is 0 Å². The first kappa shape index (κ1) is 11.0. The molecule has 3 N–H and O–H groups in total. The molecule has 0 unspecified atom stereocenters. The van der Waals surface area contributed by atoms with E-state index in [0.29, 0.717) is 11.0 Å². The zero-order valence-electron chi connectivity index (χ0n) is 7.11. The Morgan fingerprint density at radius 1 is 1.18 bits per heavy atom. The molecule has 0 rings (SSSR count). The van der Waals surface area contributed by atoms with Crippen LogP contribution in [0.4, 0.5) is 0 Å². The summed E-state index contributed by atoms with van der Waals surface area (Å²) in [6.07, 6.45) is 0. The molecule has 6 heteroatoms. The van der Waals surface area contributed by atoms with E-state index in [4.69, 9.17) is 14.4 Å². The van der Waals surface area contributed by atoms with E-state index in [-0.39, 0.29) is 6.61 Å². The van der Waals surface area contributed by atoms with Crippen LogP contribution in [0.25, 0.3) is 0 Å². The Labute approximate surface area is 67.5 Å². The minimum absolute atomic E-state index is 0.152. The number of nitrogens with zero attached hydrogens (tertiary/aromatic N) is 1. The third-order valence-corrected chi connectivity index (χ3v) is 1.65. The van der Waals surface area contributed by atoms with Crippen molar-refractivity contribution >= 4 is 9.05 Å². The van der Waals surface area contributed by atoms with E-state index < -0.39 is 9.05 Å². The van der Waals surface area contributed by atoms with E-state index in [9.17, 15) is 0 Å². The van der Waals surface area contributed by atoms with Gasteiger partial charge in [0.25, 0.3) is 0 Å². The fourth-order valence-corrected chi connectivity index (χ4v) is 0.822. The summed E-state index contributed by atoms with van der Waals surface area (Å²) in [5.41, 5.74) is 0. The van der Waals surface area contributed by atoms with E-state index in [1.165, 1.54) is 0 Å². The van der Waals surface area contributed by atoms with E-state index in [2.05, 4.69) is 4.43 Å². The van der Waals surface area contributed by atoms with E-state index >= 15 is 0 Å². The largest absolute Gasteiger partial charge is 0.671 e. The first-order valence-electron chi connectivity index (χ1n) is 3.32. The van der Waals surface area contributed by atoms with Gasteiger partial charge < -0.3 is 23.3 Å². The van der Waals surface area contributed by atoms with Gasteiger partial charge in [-0.1, -0.05) is 0 Å². The highest BCUT2D eigenvalue weighted by atomic mass is 28.4. The van der Waals surface area contributed by atoms with Gasteiger partial charge >= 0.3 is 9.05 Å². The molecule has 5 nitrogen and oxygen atoms in total. The van der Waals surface area contributed by atoms with E-state index in [1.807, 2.05) is 21.1 Å². The van der Waals surface area contributed by atoms with Crippen molar-refractivity contribution in [1.29, 1.82) is 0 Å². The molecule has 0 spiro atoms. The second-order valence-corrected chi connectivity index (χ2v) is 4.87. The van der Waals surface area contributed by atoms with Gasteiger partial charge in [0.1, 0.15) is 6.54 Å². The van der Waals surface area contributed by atoms with Crippen molar-refractivity contribution in [2.45, 2.75) is 0 Å². The highest BCUT2D eigenvalue weighted by Crippen LogP contribution is 1.93. The van der Waals surface area contributed by atoms with E-state index in [0.717, 1.165) is 0 Å². The van der Waals surface area contributed by atoms with E-state index in [1.54, 1.807) is 0 Å². The van der Waals surface area contributed by atoms with Gasteiger partial charge in [-0.15, -0.1) is 0 Å². The maximum absolute atomic E-state index is 8.44. The Balaban J connectivity index is 3.44. The topological polar surface area (TPSA) is 69.9 Å². The lowest BCUT2D eigenvalue weighted by Gasteiger charge is -2.24. The van der Waals surface area contributed by atoms with Crippen molar-refractivity contribution in [3.8, 4) is 0 Å². The number of rotatable bonds is 4. The standard InChI is InChI=1S/C5H16NO4Si/c1-6(2,3)4-5-10-11(7,8)9/h7-9H,4-5H2,1-3H3/q+1. The van der Waals surface area contributed by atoms with Crippen molar-refractivity contribution in [3.05, 3.63) is 0 Å². The van der Waals surface area contributed by atoms with Crippen LogP contribution in [-0.4, -0.2) is 62.2 Å². The summed E-state index contributed by atoms with van der Waals surface area (Å²) in [4.78, 5) is 25.3. The Morgan fingerprint density at radius 2 is 1.64 bits per heavy atom. The fraction of sp³-hybridized carbons (Fsp3) is 1.00. The maximum atomic E-state index is 8.44. The van der Waals surface area contributed by atoms with Crippen LogP contribution in [0.2, 0.25) is 0 Å². The molecule has 0 aromatic rings. The predicted molar refractivity (Wildman–Crippen MR) is 41.3 cm³/mol.